The Morgan fingerprint density at radius 3 is 2.44 bits per heavy atom. The number of aliphatic carboxylic acids is 1. The summed E-state index contributed by atoms with van der Waals surface area (Å²) in [5.74, 6) is -0.639. The minimum Gasteiger partial charge on any atom is -0.481 e. The van der Waals surface area contributed by atoms with Crippen LogP contribution in [0.3, 0.4) is 0 Å². The summed E-state index contributed by atoms with van der Waals surface area (Å²) in [5.41, 5.74) is 0.815. The van der Waals surface area contributed by atoms with Gasteiger partial charge in [0.1, 0.15) is 17.4 Å². The maximum Gasteiger partial charge on any atom is 0.573 e. The first kappa shape index (κ1) is 25.0. The Kier molecular flexibility index (Phi) is 8.91. The summed E-state index contributed by atoms with van der Waals surface area (Å²) in [6, 6.07) is 7.50. The Hall–Kier alpha value is -3.24. The molecule has 1 aromatic carbocycles. The SMILES string of the molecule is CCC(CN(CC)c1cc(NCCc2ccc(OC(F)(F)F)cc2)nc(OC)n1)C(=O)O. The molecule has 0 fully saturated rings. The zero-order chi connectivity index (χ0) is 23.7. The Balaban J connectivity index is 2.04. The number of hydrogen-bond acceptors (Lipinski definition) is 7. The van der Waals surface area contributed by atoms with Crippen LogP contribution in [0, 0.1) is 5.92 Å². The van der Waals surface area contributed by atoms with E-state index >= 15 is 0 Å². The van der Waals surface area contributed by atoms with E-state index < -0.39 is 18.2 Å². The Morgan fingerprint density at radius 1 is 1.22 bits per heavy atom. The monoisotopic (exact) mass is 456 g/mol. The minimum atomic E-state index is -4.72. The first-order valence-electron chi connectivity index (χ1n) is 10.1. The van der Waals surface area contributed by atoms with Gasteiger partial charge in [0.05, 0.1) is 13.0 Å². The number of halogens is 3. The van der Waals surface area contributed by atoms with Crippen LogP contribution in [0.5, 0.6) is 11.8 Å². The zero-order valence-electron chi connectivity index (χ0n) is 18.1. The van der Waals surface area contributed by atoms with E-state index in [1.807, 2.05) is 18.7 Å². The third-order valence-corrected chi connectivity index (χ3v) is 4.74. The lowest BCUT2D eigenvalue weighted by Crippen LogP contribution is -2.33. The third kappa shape index (κ3) is 7.78. The second-order valence-electron chi connectivity index (χ2n) is 6.95. The summed E-state index contributed by atoms with van der Waals surface area (Å²) >= 11 is 0. The first-order valence-corrected chi connectivity index (χ1v) is 10.1. The van der Waals surface area contributed by atoms with Gasteiger partial charge in [-0.15, -0.1) is 13.2 Å². The number of carbonyl (C=O) groups is 1. The molecule has 8 nitrogen and oxygen atoms in total. The predicted molar refractivity (Wildman–Crippen MR) is 113 cm³/mol. The van der Waals surface area contributed by atoms with Gasteiger partial charge in [-0.2, -0.15) is 9.97 Å². The van der Waals surface area contributed by atoms with E-state index in [1.54, 1.807) is 18.2 Å². The molecule has 0 spiro atoms. The van der Waals surface area contributed by atoms with Crippen LogP contribution in [0.25, 0.3) is 0 Å². The van der Waals surface area contributed by atoms with Crippen molar-refractivity contribution in [2.24, 2.45) is 5.92 Å². The predicted octanol–water partition coefficient (Wildman–Crippen LogP) is 3.98. The van der Waals surface area contributed by atoms with Crippen molar-refractivity contribution < 1.29 is 32.5 Å². The van der Waals surface area contributed by atoms with Crippen LogP contribution >= 0.6 is 0 Å². The molecule has 0 amide bonds. The summed E-state index contributed by atoms with van der Waals surface area (Å²) in [5, 5.41) is 12.5. The number of nitrogens with zero attached hydrogens (tertiary/aromatic N) is 3. The molecule has 0 aliphatic carbocycles. The van der Waals surface area contributed by atoms with E-state index in [-0.39, 0.29) is 11.8 Å². The fraction of sp³-hybridized carbons (Fsp3) is 0.476. The first-order chi connectivity index (χ1) is 15.1. The number of rotatable bonds is 12. The van der Waals surface area contributed by atoms with Crippen LogP contribution in [-0.4, -0.2) is 54.2 Å². The largest absolute Gasteiger partial charge is 0.573 e. The zero-order valence-corrected chi connectivity index (χ0v) is 18.1. The highest BCUT2D eigenvalue weighted by molar-refractivity contribution is 5.71. The molecule has 2 aromatic rings. The molecule has 0 aliphatic rings. The normalized spacial score (nSPS) is 12.2. The number of carboxylic acids is 1. The molecular formula is C21H27F3N4O4. The lowest BCUT2D eigenvalue weighted by atomic mass is 10.1. The van der Waals surface area contributed by atoms with Crippen molar-refractivity contribution >= 4 is 17.6 Å². The fourth-order valence-electron chi connectivity index (χ4n) is 2.98. The van der Waals surface area contributed by atoms with Crippen molar-refractivity contribution in [1.82, 2.24) is 9.97 Å². The summed E-state index contributed by atoms with van der Waals surface area (Å²) in [6.07, 6.45) is -3.70. The molecule has 32 heavy (non-hydrogen) atoms. The van der Waals surface area contributed by atoms with Crippen LogP contribution in [0.15, 0.2) is 30.3 Å². The summed E-state index contributed by atoms with van der Waals surface area (Å²) in [7, 11) is 1.44. The van der Waals surface area contributed by atoms with Gasteiger partial charge in [-0.3, -0.25) is 4.79 Å². The van der Waals surface area contributed by atoms with Crippen molar-refractivity contribution in [2.45, 2.75) is 33.1 Å². The molecule has 176 valence electrons. The highest BCUT2D eigenvalue weighted by Gasteiger charge is 2.30. The van der Waals surface area contributed by atoms with E-state index in [9.17, 15) is 23.1 Å². The number of ether oxygens (including phenoxy) is 2. The fourth-order valence-corrected chi connectivity index (χ4v) is 2.98. The van der Waals surface area contributed by atoms with Gasteiger partial charge in [0, 0.05) is 25.7 Å². The van der Waals surface area contributed by atoms with Gasteiger partial charge < -0.3 is 24.8 Å². The van der Waals surface area contributed by atoms with Gasteiger partial charge in [0.15, 0.2) is 0 Å². The summed E-state index contributed by atoms with van der Waals surface area (Å²) in [6.45, 7) is 5.03. The Bertz CT molecular complexity index is 878. The van der Waals surface area contributed by atoms with Crippen molar-refractivity contribution in [3.8, 4) is 11.8 Å². The van der Waals surface area contributed by atoms with Gasteiger partial charge in [-0.1, -0.05) is 19.1 Å². The van der Waals surface area contributed by atoms with E-state index in [0.717, 1.165) is 5.56 Å². The van der Waals surface area contributed by atoms with Crippen LogP contribution in [0.4, 0.5) is 24.8 Å². The van der Waals surface area contributed by atoms with Crippen molar-refractivity contribution in [3.05, 3.63) is 35.9 Å². The standard InChI is InChI=1S/C21H27F3N4O4/c1-4-15(19(29)30)13-28(5-2)18-12-17(26-20(27-18)31-3)25-11-10-14-6-8-16(9-7-14)32-21(22,23)24/h6-9,12,15H,4-5,10-11,13H2,1-3H3,(H,29,30)(H,25,26,27). The smallest absolute Gasteiger partial charge is 0.481 e. The molecule has 0 bridgehead atoms. The molecule has 0 saturated heterocycles. The number of benzene rings is 1. The number of carboxylic acid groups (broad SMARTS) is 1. The molecule has 1 atom stereocenters. The summed E-state index contributed by atoms with van der Waals surface area (Å²) < 4.78 is 45.8. The molecule has 2 N–H and O–H groups in total. The van der Waals surface area contributed by atoms with E-state index in [1.165, 1.54) is 19.2 Å². The molecule has 2 rings (SSSR count). The highest BCUT2D eigenvalue weighted by atomic mass is 19.4. The average Bonchev–Trinajstić information content (AvgIpc) is 2.74. The lowest BCUT2D eigenvalue weighted by molar-refractivity contribution is -0.274. The van der Waals surface area contributed by atoms with E-state index in [0.29, 0.717) is 44.1 Å². The third-order valence-electron chi connectivity index (χ3n) is 4.74. The van der Waals surface area contributed by atoms with Crippen LogP contribution in [-0.2, 0) is 11.2 Å². The molecule has 0 radical (unpaired) electrons. The Morgan fingerprint density at radius 2 is 1.91 bits per heavy atom. The minimum absolute atomic E-state index is 0.139. The lowest BCUT2D eigenvalue weighted by Gasteiger charge is -2.25. The van der Waals surface area contributed by atoms with Crippen molar-refractivity contribution in [3.63, 3.8) is 0 Å². The Labute approximate surface area is 184 Å². The maximum atomic E-state index is 12.3. The van der Waals surface area contributed by atoms with E-state index in [2.05, 4.69) is 20.0 Å². The topological polar surface area (TPSA) is 96.8 Å². The average molecular weight is 456 g/mol. The number of nitrogens with one attached hydrogen (secondary N) is 1. The van der Waals surface area contributed by atoms with Gasteiger partial charge in [-0.05, 0) is 37.5 Å². The van der Waals surface area contributed by atoms with Crippen molar-refractivity contribution in [2.75, 3.05) is 37.0 Å². The van der Waals surface area contributed by atoms with Gasteiger partial charge in [-0.25, -0.2) is 0 Å². The van der Waals surface area contributed by atoms with Crippen LogP contribution in [0.1, 0.15) is 25.8 Å². The molecule has 1 heterocycles. The maximum absolute atomic E-state index is 12.3. The van der Waals surface area contributed by atoms with Gasteiger partial charge in [0.2, 0.25) is 0 Å². The van der Waals surface area contributed by atoms with Gasteiger partial charge in [0.25, 0.3) is 0 Å². The van der Waals surface area contributed by atoms with E-state index in [4.69, 9.17) is 4.74 Å². The molecule has 0 saturated carbocycles. The van der Waals surface area contributed by atoms with Crippen molar-refractivity contribution in [1.29, 1.82) is 0 Å². The molecule has 11 heteroatoms. The molecular weight excluding hydrogens is 429 g/mol. The molecule has 1 unspecified atom stereocenters. The second kappa shape index (κ2) is 11.4. The second-order valence-corrected chi connectivity index (χ2v) is 6.95. The highest BCUT2D eigenvalue weighted by Crippen LogP contribution is 2.23. The van der Waals surface area contributed by atoms with Gasteiger partial charge >= 0.3 is 18.3 Å². The van der Waals surface area contributed by atoms with Crippen LogP contribution < -0.4 is 19.7 Å². The molecule has 1 aromatic heterocycles. The molecule has 0 aliphatic heterocycles. The summed E-state index contributed by atoms with van der Waals surface area (Å²) in [4.78, 5) is 21.8. The number of hydrogen-bond donors (Lipinski definition) is 2. The number of methoxy groups -OCH3 is 1. The number of anilines is 2. The van der Waals surface area contributed by atoms with Crippen LogP contribution in [0.2, 0.25) is 0 Å². The number of aromatic nitrogens is 2. The quantitative estimate of drug-likeness (QED) is 0.495. The number of alkyl halides is 3.